The van der Waals surface area contributed by atoms with Crippen molar-refractivity contribution in [2.45, 2.75) is 23.7 Å². The minimum absolute atomic E-state index is 0.541. The van der Waals surface area contributed by atoms with Crippen LogP contribution in [0.4, 0.5) is 34.1 Å². The molecule has 14 aromatic carbocycles. The van der Waals surface area contributed by atoms with Crippen LogP contribution < -0.4 is 30.5 Å². The van der Waals surface area contributed by atoms with Gasteiger partial charge in [0.2, 0.25) is 0 Å². The van der Waals surface area contributed by atoms with E-state index in [0.717, 1.165) is 24.2 Å². The van der Waals surface area contributed by atoms with Crippen LogP contribution >= 0.6 is 0 Å². The van der Waals surface area contributed by atoms with Crippen LogP contribution in [0.15, 0.2) is 352 Å². The van der Waals surface area contributed by atoms with E-state index in [2.05, 4.69) is 362 Å². The summed E-state index contributed by atoms with van der Waals surface area (Å²) in [4.78, 5) is 5.06. The minimum atomic E-state index is -3.09. The average Bonchev–Trinajstić information content (AvgIpc) is 0.795. The summed E-state index contributed by atoms with van der Waals surface area (Å²) in [5, 5.41) is 5.48. The van der Waals surface area contributed by atoms with E-state index in [9.17, 15) is 0 Å². The number of hydrogen-bond donors (Lipinski definition) is 0. The summed E-state index contributed by atoms with van der Waals surface area (Å²) in [5.74, 6) is 0. The predicted octanol–water partition coefficient (Wildman–Crippen LogP) is 18.5. The molecule has 4 aliphatic rings. The quantitative estimate of drug-likeness (QED) is 0.0995. The van der Waals surface area contributed by atoms with E-state index in [4.69, 9.17) is 0 Å². The van der Waals surface area contributed by atoms with E-state index >= 15 is 0 Å². The van der Waals surface area contributed by atoms with Crippen molar-refractivity contribution in [1.29, 1.82) is 0 Å². The fourth-order valence-electron chi connectivity index (χ4n) is 16.8. The summed E-state index contributed by atoms with van der Waals surface area (Å²) in [5.41, 5.74) is 26.7. The Morgan fingerprint density at radius 3 is 0.780 bits per heavy atom. The molecular formula is C88H62N2Si. The van der Waals surface area contributed by atoms with Crippen LogP contribution in [0.5, 0.6) is 0 Å². The molecule has 0 saturated heterocycles. The van der Waals surface area contributed by atoms with Gasteiger partial charge in [0.1, 0.15) is 0 Å². The summed E-state index contributed by atoms with van der Waals surface area (Å²) in [7, 11) is -3.09. The Bertz CT molecular complexity index is 4620. The molecule has 0 spiro atoms. The lowest BCUT2D eigenvalue weighted by Crippen LogP contribution is -2.74. The van der Waals surface area contributed by atoms with Gasteiger partial charge in [0.15, 0.2) is 8.07 Å². The largest absolute Gasteiger partial charge is 0.310 e. The molecule has 14 aromatic rings. The van der Waals surface area contributed by atoms with Gasteiger partial charge in [-0.15, -0.1) is 0 Å². The van der Waals surface area contributed by atoms with Gasteiger partial charge < -0.3 is 9.80 Å². The second-order valence-electron chi connectivity index (χ2n) is 25.0. The minimum Gasteiger partial charge on any atom is -0.310 e. The Balaban J connectivity index is 0.790. The zero-order chi connectivity index (χ0) is 60.1. The second kappa shape index (κ2) is 21.0. The van der Waals surface area contributed by atoms with E-state index in [-0.39, 0.29) is 0 Å². The third kappa shape index (κ3) is 7.78. The van der Waals surface area contributed by atoms with E-state index in [1.807, 2.05) is 0 Å². The lowest BCUT2D eigenvalue weighted by atomic mass is 9.62. The fourth-order valence-corrected chi connectivity index (χ4v) is 21.6. The number of anilines is 6. The molecule has 0 N–H and O–H groups in total. The van der Waals surface area contributed by atoms with Crippen molar-refractivity contribution in [3.63, 3.8) is 0 Å². The summed E-state index contributed by atoms with van der Waals surface area (Å²) in [6.07, 6.45) is 1.77. The van der Waals surface area contributed by atoms with Gasteiger partial charge in [0.05, 0.1) is 33.6 Å². The van der Waals surface area contributed by atoms with Crippen LogP contribution in [0.3, 0.4) is 0 Å². The molecule has 3 heteroatoms. The highest BCUT2D eigenvalue weighted by Gasteiger charge is 2.49. The number of hydrogen-bond acceptors (Lipinski definition) is 2. The summed E-state index contributed by atoms with van der Waals surface area (Å²) in [6, 6.07) is 134. The SMILES string of the molecule is c1ccc(C2(c3ccccc3)c3ccccc3N(c3ccc4c(c3)-c3cc([Si](c5ccccc5)(c5ccccc5)c5ccc6c(c5)-c5cc(N7c8ccccc8C(c8ccccc8)(c8ccccc8)c8ccccc87)ccc5C6)ccc3C4)c3ccccc32)cc1. The van der Waals surface area contributed by atoms with Gasteiger partial charge >= 0.3 is 0 Å². The first-order chi connectivity index (χ1) is 45.1. The normalized spacial score (nSPS) is 14.2. The molecule has 0 atom stereocenters. The maximum absolute atomic E-state index is 3.09. The molecule has 0 fully saturated rings. The van der Waals surface area contributed by atoms with E-state index in [1.54, 1.807) is 0 Å². The lowest BCUT2D eigenvalue weighted by molar-refractivity contribution is 0.731. The van der Waals surface area contributed by atoms with Crippen LogP contribution in [0.25, 0.3) is 22.3 Å². The first kappa shape index (κ1) is 53.0. The summed E-state index contributed by atoms with van der Waals surface area (Å²) >= 11 is 0. The van der Waals surface area contributed by atoms with Gasteiger partial charge in [-0.1, -0.05) is 303 Å². The van der Waals surface area contributed by atoms with Crippen molar-refractivity contribution < 1.29 is 0 Å². The molecule has 2 aliphatic carbocycles. The van der Waals surface area contributed by atoms with Crippen LogP contribution in [-0.4, -0.2) is 8.07 Å². The molecule has 0 saturated carbocycles. The van der Waals surface area contributed by atoms with Gasteiger partial charge in [-0.05, 0) is 171 Å². The number of rotatable bonds is 10. The van der Waals surface area contributed by atoms with Crippen LogP contribution in [0, 0.1) is 0 Å². The zero-order valence-electron chi connectivity index (χ0n) is 50.3. The Morgan fingerprint density at radius 2 is 0.473 bits per heavy atom. The predicted molar refractivity (Wildman–Crippen MR) is 380 cm³/mol. The average molecular weight is 1180 g/mol. The molecule has 0 bridgehead atoms. The Hall–Kier alpha value is -11.1. The molecule has 2 aliphatic heterocycles. The molecule has 0 unspecified atom stereocenters. The van der Waals surface area contributed by atoms with Crippen molar-refractivity contribution in [2.75, 3.05) is 9.80 Å². The summed E-state index contributed by atoms with van der Waals surface area (Å²) in [6.45, 7) is 0. The molecule has 428 valence electrons. The maximum atomic E-state index is 2.61. The van der Waals surface area contributed by atoms with Gasteiger partial charge in [0.25, 0.3) is 0 Å². The van der Waals surface area contributed by atoms with Crippen molar-refractivity contribution in [2.24, 2.45) is 0 Å². The molecular weight excluding hydrogens is 1110 g/mol. The van der Waals surface area contributed by atoms with Crippen LogP contribution in [0.2, 0.25) is 0 Å². The van der Waals surface area contributed by atoms with Crippen molar-refractivity contribution in [3.05, 3.63) is 419 Å². The van der Waals surface area contributed by atoms with Crippen molar-refractivity contribution >= 4 is 62.9 Å². The van der Waals surface area contributed by atoms with Gasteiger partial charge in [-0.3, -0.25) is 0 Å². The number of fused-ring (bicyclic) bond motifs is 10. The highest BCUT2D eigenvalue weighted by Crippen LogP contribution is 2.60. The number of para-hydroxylation sites is 4. The molecule has 0 amide bonds. The Morgan fingerprint density at radius 1 is 0.220 bits per heavy atom. The van der Waals surface area contributed by atoms with Crippen LogP contribution in [-0.2, 0) is 23.7 Å². The van der Waals surface area contributed by atoms with Gasteiger partial charge in [0, 0.05) is 11.4 Å². The maximum Gasteiger partial charge on any atom is 0.179 e. The highest BCUT2D eigenvalue weighted by atomic mass is 28.3. The molecule has 91 heavy (non-hydrogen) atoms. The molecule has 0 radical (unpaired) electrons. The fraction of sp³-hybridized carbons (Fsp3) is 0.0455. The molecule has 2 heterocycles. The van der Waals surface area contributed by atoms with Gasteiger partial charge in [-0.25, -0.2) is 0 Å². The Kier molecular flexibility index (Phi) is 12.2. The zero-order valence-corrected chi connectivity index (χ0v) is 51.3. The third-order valence-corrected chi connectivity index (χ3v) is 25.3. The van der Waals surface area contributed by atoms with Crippen molar-refractivity contribution in [3.8, 4) is 22.3 Å². The topological polar surface area (TPSA) is 6.48 Å². The van der Waals surface area contributed by atoms with Gasteiger partial charge in [-0.2, -0.15) is 0 Å². The van der Waals surface area contributed by atoms with E-state index in [1.165, 1.54) is 133 Å². The second-order valence-corrected chi connectivity index (χ2v) is 28.8. The molecule has 2 nitrogen and oxygen atoms in total. The lowest BCUT2D eigenvalue weighted by Gasteiger charge is -2.46. The molecule has 18 rings (SSSR count). The van der Waals surface area contributed by atoms with E-state index in [0.29, 0.717) is 0 Å². The van der Waals surface area contributed by atoms with Crippen LogP contribution in [0.1, 0.15) is 66.8 Å². The number of nitrogens with zero attached hydrogens (tertiary/aromatic N) is 2. The standard InChI is InChI=1S/C88H62N2Si/c1-7-27-65(28-8-1)87(66-29-9-2-10-30-66)79-39-19-23-43-83(79)89(84-44-24-20-40-80(84)87)69-51-47-61-55-63-49-53-73(59-77(63)75(61)57-69)91(71-35-15-5-16-36-71,72-37-17-6-18-38-72)74-54-50-64-56-62-48-52-70(58-76(62)78(64)60-74)90-85-45-25-21-41-81(85)88(67-31-11-3-12-32-67,68-33-13-4-14-34-68)82-42-22-26-46-86(82)90/h1-54,57-60H,55-56H2. The first-order valence-electron chi connectivity index (χ1n) is 32.0. The molecule has 0 aromatic heterocycles. The number of benzene rings is 14. The third-order valence-electron chi connectivity index (χ3n) is 20.6. The smallest absolute Gasteiger partial charge is 0.179 e. The van der Waals surface area contributed by atoms with E-state index < -0.39 is 18.9 Å². The highest BCUT2D eigenvalue weighted by molar-refractivity contribution is 7.20. The first-order valence-corrected chi connectivity index (χ1v) is 34.0. The monoisotopic (exact) mass is 1170 g/mol. The summed E-state index contributed by atoms with van der Waals surface area (Å²) < 4.78 is 0. The van der Waals surface area contributed by atoms with Crippen molar-refractivity contribution in [1.82, 2.24) is 0 Å². The Labute approximate surface area is 534 Å².